The van der Waals surface area contributed by atoms with Crippen LogP contribution in [0.1, 0.15) is 5.56 Å². The van der Waals surface area contributed by atoms with Crippen molar-refractivity contribution in [3.05, 3.63) is 65.8 Å². The van der Waals surface area contributed by atoms with Crippen LogP contribution in [0, 0.1) is 12.3 Å². The smallest absolute Gasteiger partial charge is 0.155 e. The standard InChI is InChI=1S/C12H7N3S.C6H4/c1-2-9-5-8-16-12(9)10-4-7-15-11(14-10)3-6-13-15;1-2-5-4-6(5)3-1/h1,3-8H;1-4H. The van der Waals surface area contributed by atoms with Gasteiger partial charge in [0.2, 0.25) is 0 Å². The molecule has 0 aliphatic heterocycles. The van der Waals surface area contributed by atoms with E-state index in [1.165, 1.54) is 11.1 Å². The second-order valence-corrected chi connectivity index (χ2v) is 5.75. The normalized spacial score (nSPS) is 10.7. The van der Waals surface area contributed by atoms with Gasteiger partial charge in [-0.15, -0.1) is 17.8 Å². The molecule has 0 aromatic carbocycles. The second-order valence-electron chi connectivity index (χ2n) is 4.84. The Morgan fingerprint density at radius 1 is 1.09 bits per heavy atom. The Bertz CT molecular complexity index is 987. The van der Waals surface area contributed by atoms with Gasteiger partial charge in [-0.1, -0.05) is 24.1 Å². The molecular formula is C18H11N3S. The highest BCUT2D eigenvalue weighted by Crippen LogP contribution is 2.32. The van der Waals surface area contributed by atoms with Gasteiger partial charge in [0.05, 0.1) is 16.8 Å². The summed E-state index contributed by atoms with van der Waals surface area (Å²) in [7, 11) is 0. The van der Waals surface area contributed by atoms with Gasteiger partial charge in [-0.2, -0.15) is 5.10 Å². The summed E-state index contributed by atoms with van der Waals surface area (Å²) < 4.78 is 1.73. The first-order valence-corrected chi connectivity index (χ1v) is 7.68. The maximum absolute atomic E-state index is 5.44. The number of rotatable bonds is 1. The van der Waals surface area contributed by atoms with Crippen molar-refractivity contribution in [1.82, 2.24) is 14.6 Å². The molecule has 104 valence electrons. The maximum atomic E-state index is 5.44. The van der Waals surface area contributed by atoms with Gasteiger partial charge < -0.3 is 0 Å². The fraction of sp³-hybridized carbons (Fsp3) is 0. The lowest BCUT2D eigenvalue weighted by Gasteiger charge is -1.99. The molecule has 3 nitrogen and oxygen atoms in total. The lowest BCUT2D eigenvalue weighted by molar-refractivity contribution is 0.941. The molecule has 3 aromatic rings. The van der Waals surface area contributed by atoms with Gasteiger partial charge >= 0.3 is 0 Å². The minimum absolute atomic E-state index is 0.828. The quantitative estimate of drug-likeness (QED) is 0.436. The summed E-state index contributed by atoms with van der Waals surface area (Å²) in [5.41, 5.74) is 5.47. The lowest BCUT2D eigenvalue weighted by atomic mass is 10.2. The van der Waals surface area contributed by atoms with E-state index in [0.717, 1.165) is 21.8 Å². The summed E-state index contributed by atoms with van der Waals surface area (Å²) in [6.45, 7) is 0. The monoisotopic (exact) mass is 301 g/mol. The van der Waals surface area contributed by atoms with Gasteiger partial charge in [0.15, 0.2) is 5.65 Å². The fourth-order valence-electron chi connectivity index (χ4n) is 2.24. The van der Waals surface area contributed by atoms with Gasteiger partial charge in [0.25, 0.3) is 0 Å². The molecule has 0 spiro atoms. The molecule has 0 radical (unpaired) electrons. The first kappa shape index (κ1) is 12.8. The SMILES string of the molecule is C#Cc1ccsc1-c1ccn2nccc2n1.c1cc2cc-2c1. The maximum Gasteiger partial charge on any atom is 0.155 e. The van der Waals surface area contributed by atoms with Crippen LogP contribution in [0.15, 0.2) is 60.2 Å². The third-order valence-corrected chi connectivity index (χ3v) is 4.36. The predicted molar refractivity (Wildman–Crippen MR) is 89.7 cm³/mol. The minimum Gasteiger partial charge on any atom is -0.228 e. The molecule has 22 heavy (non-hydrogen) atoms. The van der Waals surface area contributed by atoms with Gasteiger partial charge in [0.1, 0.15) is 0 Å². The van der Waals surface area contributed by atoms with Crippen molar-refractivity contribution >= 4 is 17.0 Å². The molecule has 3 aromatic heterocycles. The van der Waals surface area contributed by atoms with Crippen LogP contribution in [0.5, 0.6) is 0 Å². The molecule has 0 saturated heterocycles. The molecule has 3 heterocycles. The summed E-state index contributed by atoms with van der Waals surface area (Å²) in [5.74, 6) is 2.66. The van der Waals surface area contributed by atoms with Crippen molar-refractivity contribution in [2.75, 3.05) is 0 Å². The largest absolute Gasteiger partial charge is 0.228 e. The Balaban J connectivity index is 0.000000172. The van der Waals surface area contributed by atoms with Crippen molar-refractivity contribution in [3.8, 4) is 34.0 Å². The third-order valence-electron chi connectivity index (χ3n) is 3.42. The number of hydrogen-bond donors (Lipinski definition) is 0. The Labute approximate surface area is 131 Å². The van der Waals surface area contributed by atoms with E-state index in [4.69, 9.17) is 6.42 Å². The molecular weight excluding hydrogens is 290 g/mol. The molecule has 0 fully saturated rings. The van der Waals surface area contributed by atoms with E-state index in [0.29, 0.717) is 0 Å². The van der Waals surface area contributed by atoms with Gasteiger partial charge in [0, 0.05) is 17.8 Å². The summed E-state index contributed by atoms with van der Waals surface area (Å²) in [5, 5.41) is 6.08. The Hall–Kier alpha value is -2.90. The van der Waals surface area contributed by atoms with E-state index >= 15 is 0 Å². The van der Waals surface area contributed by atoms with Crippen LogP contribution in [0.3, 0.4) is 0 Å². The molecule has 2 aliphatic rings. The zero-order chi connectivity index (χ0) is 14.9. The number of nitrogens with zero attached hydrogens (tertiary/aromatic N) is 3. The Morgan fingerprint density at radius 3 is 2.64 bits per heavy atom. The molecule has 0 N–H and O–H groups in total. The molecule has 0 bridgehead atoms. The predicted octanol–water partition coefficient (Wildman–Crippen LogP) is 4.11. The highest BCUT2D eigenvalue weighted by molar-refractivity contribution is 7.13. The second kappa shape index (κ2) is 5.14. The Kier molecular flexibility index (Phi) is 2.99. The average Bonchev–Trinajstić information content (AvgIpc) is 3.03. The molecule has 0 saturated carbocycles. The number of fused-ring (bicyclic) bond motifs is 2. The van der Waals surface area contributed by atoms with Crippen LogP contribution in [0.2, 0.25) is 0 Å². The Morgan fingerprint density at radius 2 is 1.95 bits per heavy atom. The first-order valence-electron chi connectivity index (χ1n) is 6.80. The highest BCUT2D eigenvalue weighted by Gasteiger charge is 2.08. The molecule has 0 atom stereocenters. The first-order chi connectivity index (χ1) is 10.8. The highest BCUT2D eigenvalue weighted by atomic mass is 32.1. The van der Waals surface area contributed by atoms with Crippen LogP contribution < -0.4 is 0 Å². The van der Waals surface area contributed by atoms with E-state index in [9.17, 15) is 0 Å². The van der Waals surface area contributed by atoms with Crippen LogP contribution in [0.25, 0.3) is 27.3 Å². The zero-order valence-corrected chi connectivity index (χ0v) is 12.4. The number of thiophene rings is 1. The molecule has 2 aliphatic carbocycles. The number of benzene rings is 1. The van der Waals surface area contributed by atoms with Crippen LogP contribution in [-0.2, 0) is 0 Å². The lowest BCUT2D eigenvalue weighted by Crippen LogP contribution is -1.91. The molecule has 5 rings (SSSR count). The topological polar surface area (TPSA) is 30.2 Å². The van der Waals surface area contributed by atoms with E-state index < -0.39 is 0 Å². The molecule has 0 unspecified atom stereocenters. The van der Waals surface area contributed by atoms with Crippen molar-refractivity contribution < 1.29 is 0 Å². The van der Waals surface area contributed by atoms with Gasteiger partial charge in [-0.3, -0.25) is 0 Å². The van der Waals surface area contributed by atoms with Crippen LogP contribution >= 0.6 is 11.3 Å². The number of aromatic nitrogens is 3. The van der Waals surface area contributed by atoms with Crippen molar-refractivity contribution in [1.29, 1.82) is 0 Å². The summed E-state index contributed by atoms with van der Waals surface area (Å²) in [6.07, 6.45) is 9.05. The summed E-state index contributed by atoms with van der Waals surface area (Å²) >= 11 is 1.60. The van der Waals surface area contributed by atoms with Crippen LogP contribution in [-0.4, -0.2) is 14.6 Å². The van der Waals surface area contributed by atoms with E-state index in [1.54, 1.807) is 22.0 Å². The minimum atomic E-state index is 0.828. The zero-order valence-electron chi connectivity index (χ0n) is 11.6. The summed E-state index contributed by atoms with van der Waals surface area (Å²) in [6, 6.07) is 14.2. The summed E-state index contributed by atoms with van der Waals surface area (Å²) in [4.78, 5) is 5.54. The third kappa shape index (κ3) is 2.28. The average molecular weight is 301 g/mol. The molecule has 4 heteroatoms. The van der Waals surface area contributed by atoms with E-state index in [1.807, 2.05) is 29.8 Å². The van der Waals surface area contributed by atoms with E-state index in [-0.39, 0.29) is 0 Å². The van der Waals surface area contributed by atoms with Crippen LogP contribution in [0.4, 0.5) is 0 Å². The number of terminal acetylenes is 1. The fourth-order valence-corrected chi connectivity index (χ4v) is 3.06. The number of hydrogen-bond acceptors (Lipinski definition) is 3. The molecule has 0 amide bonds. The van der Waals surface area contributed by atoms with Crippen molar-refractivity contribution in [3.63, 3.8) is 0 Å². The van der Waals surface area contributed by atoms with Crippen molar-refractivity contribution in [2.24, 2.45) is 0 Å². The van der Waals surface area contributed by atoms with Crippen molar-refractivity contribution in [2.45, 2.75) is 0 Å². The van der Waals surface area contributed by atoms with E-state index in [2.05, 4.69) is 40.3 Å². The van der Waals surface area contributed by atoms with Gasteiger partial charge in [-0.25, -0.2) is 9.50 Å². The van der Waals surface area contributed by atoms with Gasteiger partial charge in [-0.05, 0) is 34.7 Å².